The van der Waals surface area contributed by atoms with Crippen molar-refractivity contribution in [2.45, 2.75) is 15.4 Å². The summed E-state index contributed by atoms with van der Waals surface area (Å²) in [5.41, 5.74) is 0.511. The third-order valence-electron chi connectivity index (χ3n) is 2.20. The van der Waals surface area contributed by atoms with Gasteiger partial charge in [0.25, 0.3) is 0 Å². The molecule has 16 heavy (non-hydrogen) atoms. The molecule has 86 valence electrons. The van der Waals surface area contributed by atoms with E-state index in [1.165, 1.54) is 26.0 Å². The minimum atomic E-state index is -0.712. The van der Waals surface area contributed by atoms with Crippen LogP contribution in [0.4, 0.5) is 0 Å². The first-order chi connectivity index (χ1) is 7.69. The lowest BCUT2D eigenvalue weighted by Crippen LogP contribution is -2.29. The van der Waals surface area contributed by atoms with Gasteiger partial charge < -0.3 is 9.47 Å². The standard InChI is InChI=1S/C8H8N2O4S2/c1-13-6(11)3-4-8(16-10-9-4)15-5(3)7(12)14-2/h3,5H,1-2H3. The van der Waals surface area contributed by atoms with Gasteiger partial charge in [-0.05, 0) is 11.5 Å². The van der Waals surface area contributed by atoms with Crippen molar-refractivity contribution in [3.05, 3.63) is 5.69 Å². The summed E-state index contributed by atoms with van der Waals surface area (Å²) >= 11 is 2.41. The number of thioether (sulfide) groups is 1. The lowest BCUT2D eigenvalue weighted by molar-refractivity contribution is -0.148. The SMILES string of the molecule is COC(=O)C1Sc2snnc2C1C(=O)OC. The van der Waals surface area contributed by atoms with Gasteiger partial charge in [-0.1, -0.05) is 16.3 Å². The summed E-state index contributed by atoms with van der Waals surface area (Å²) in [4.78, 5) is 23.1. The van der Waals surface area contributed by atoms with Crippen molar-refractivity contribution in [3.8, 4) is 0 Å². The molecule has 0 spiro atoms. The second kappa shape index (κ2) is 4.38. The highest BCUT2D eigenvalue weighted by molar-refractivity contribution is 8.02. The zero-order valence-electron chi connectivity index (χ0n) is 8.50. The molecule has 0 amide bonds. The van der Waals surface area contributed by atoms with E-state index < -0.39 is 23.1 Å². The number of esters is 2. The summed E-state index contributed by atoms with van der Waals surface area (Å²) in [6.07, 6.45) is 0. The van der Waals surface area contributed by atoms with Crippen LogP contribution in [0.25, 0.3) is 0 Å². The average Bonchev–Trinajstić information content (AvgIpc) is 2.86. The molecule has 1 aromatic heterocycles. The molecule has 2 unspecified atom stereocenters. The molecule has 1 aromatic rings. The third-order valence-corrected chi connectivity index (χ3v) is 4.39. The highest BCUT2D eigenvalue weighted by Gasteiger charge is 2.46. The molecule has 0 aliphatic carbocycles. The number of nitrogens with zero attached hydrogens (tertiary/aromatic N) is 2. The zero-order chi connectivity index (χ0) is 11.7. The predicted octanol–water partition coefficient (Wildman–Crippen LogP) is 0.442. The highest BCUT2D eigenvalue weighted by atomic mass is 32.2. The summed E-state index contributed by atoms with van der Waals surface area (Å²) in [6, 6.07) is 0. The molecular weight excluding hydrogens is 252 g/mol. The lowest BCUT2D eigenvalue weighted by Gasteiger charge is -2.13. The molecule has 8 heteroatoms. The molecule has 2 atom stereocenters. The quantitative estimate of drug-likeness (QED) is 0.714. The van der Waals surface area contributed by atoms with Crippen LogP contribution in [0.15, 0.2) is 4.21 Å². The Labute approximate surface area is 99.5 Å². The Hall–Kier alpha value is -1.15. The molecule has 2 rings (SSSR count). The molecule has 0 saturated heterocycles. The number of aromatic nitrogens is 2. The maximum absolute atomic E-state index is 11.6. The van der Waals surface area contributed by atoms with Gasteiger partial charge in [0, 0.05) is 0 Å². The minimum absolute atomic E-state index is 0.453. The van der Waals surface area contributed by atoms with Gasteiger partial charge in [0.05, 0.1) is 14.2 Å². The number of ether oxygens (including phenoxy) is 2. The fourth-order valence-electron chi connectivity index (χ4n) is 1.45. The third kappa shape index (κ3) is 1.67. The number of carbonyl (C=O) groups excluding carboxylic acids is 2. The van der Waals surface area contributed by atoms with Crippen molar-refractivity contribution in [2.24, 2.45) is 0 Å². The Bertz CT molecular complexity index is 433. The second-order valence-electron chi connectivity index (χ2n) is 3.01. The molecule has 0 aromatic carbocycles. The molecule has 1 aliphatic rings. The Kier molecular flexibility index (Phi) is 3.10. The number of rotatable bonds is 2. The molecule has 2 heterocycles. The van der Waals surface area contributed by atoms with Crippen LogP contribution in [0.5, 0.6) is 0 Å². The monoisotopic (exact) mass is 260 g/mol. The fourth-order valence-corrected chi connectivity index (χ4v) is 3.58. The van der Waals surface area contributed by atoms with E-state index in [0.29, 0.717) is 5.69 Å². The highest BCUT2D eigenvalue weighted by Crippen LogP contribution is 2.47. The van der Waals surface area contributed by atoms with Crippen LogP contribution in [-0.4, -0.2) is 41.0 Å². The minimum Gasteiger partial charge on any atom is -0.468 e. The van der Waals surface area contributed by atoms with E-state index in [-0.39, 0.29) is 0 Å². The van der Waals surface area contributed by atoms with E-state index in [0.717, 1.165) is 15.7 Å². The molecule has 0 N–H and O–H groups in total. The Morgan fingerprint density at radius 1 is 1.25 bits per heavy atom. The number of hydrogen-bond donors (Lipinski definition) is 0. The number of fused-ring (bicyclic) bond motifs is 1. The van der Waals surface area contributed by atoms with Crippen molar-refractivity contribution in [2.75, 3.05) is 14.2 Å². The fraction of sp³-hybridized carbons (Fsp3) is 0.500. The number of methoxy groups -OCH3 is 2. The van der Waals surface area contributed by atoms with Gasteiger partial charge >= 0.3 is 11.9 Å². The predicted molar refractivity (Wildman–Crippen MR) is 56.3 cm³/mol. The van der Waals surface area contributed by atoms with Crippen LogP contribution in [0.3, 0.4) is 0 Å². The number of carbonyl (C=O) groups is 2. The zero-order valence-corrected chi connectivity index (χ0v) is 10.1. The van der Waals surface area contributed by atoms with Crippen molar-refractivity contribution in [3.63, 3.8) is 0 Å². The first-order valence-corrected chi connectivity index (χ1v) is 5.99. The van der Waals surface area contributed by atoms with E-state index in [1.54, 1.807) is 0 Å². The van der Waals surface area contributed by atoms with Gasteiger partial charge in [0.1, 0.15) is 21.1 Å². The van der Waals surface area contributed by atoms with Crippen LogP contribution in [0.2, 0.25) is 0 Å². The molecular formula is C8H8N2O4S2. The van der Waals surface area contributed by atoms with Gasteiger partial charge in [-0.2, -0.15) is 0 Å². The van der Waals surface area contributed by atoms with Gasteiger partial charge in [0.15, 0.2) is 0 Å². The normalized spacial score (nSPS) is 22.6. The summed E-state index contributed by atoms with van der Waals surface area (Å²) in [5, 5.41) is 3.24. The van der Waals surface area contributed by atoms with Crippen molar-refractivity contribution < 1.29 is 19.1 Å². The average molecular weight is 260 g/mol. The van der Waals surface area contributed by atoms with E-state index in [4.69, 9.17) is 0 Å². The van der Waals surface area contributed by atoms with E-state index >= 15 is 0 Å². The van der Waals surface area contributed by atoms with Gasteiger partial charge in [-0.3, -0.25) is 9.59 Å². The van der Waals surface area contributed by atoms with Crippen LogP contribution in [-0.2, 0) is 19.1 Å². The summed E-state index contributed by atoms with van der Waals surface area (Å²) in [5.74, 6) is -1.66. The van der Waals surface area contributed by atoms with Crippen molar-refractivity contribution >= 4 is 35.2 Å². The Morgan fingerprint density at radius 2 is 1.94 bits per heavy atom. The largest absolute Gasteiger partial charge is 0.468 e. The van der Waals surface area contributed by atoms with E-state index in [1.807, 2.05) is 0 Å². The molecule has 1 aliphatic heterocycles. The Morgan fingerprint density at radius 3 is 2.56 bits per heavy atom. The summed E-state index contributed by atoms with van der Waals surface area (Å²) in [7, 11) is 2.56. The number of hydrogen-bond acceptors (Lipinski definition) is 8. The maximum Gasteiger partial charge on any atom is 0.320 e. The summed E-state index contributed by atoms with van der Waals surface area (Å²) in [6.45, 7) is 0. The lowest BCUT2D eigenvalue weighted by atomic mass is 10.0. The van der Waals surface area contributed by atoms with Crippen molar-refractivity contribution in [1.82, 2.24) is 9.59 Å². The summed E-state index contributed by atoms with van der Waals surface area (Å²) < 4.78 is 13.8. The molecule has 0 radical (unpaired) electrons. The van der Waals surface area contributed by atoms with Crippen LogP contribution < -0.4 is 0 Å². The van der Waals surface area contributed by atoms with Crippen molar-refractivity contribution in [1.29, 1.82) is 0 Å². The van der Waals surface area contributed by atoms with Crippen LogP contribution in [0.1, 0.15) is 11.6 Å². The smallest absolute Gasteiger partial charge is 0.320 e. The maximum atomic E-state index is 11.6. The molecule has 0 saturated carbocycles. The van der Waals surface area contributed by atoms with Gasteiger partial charge in [-0.15, -0.1) is 5.10 Å². The van der Waals surface area contributed by atoms with E-state index in [9.17, 15) is 9.59 Å². The van der Waals surface area contributed by atoms with Gasteiger partial charge in [-0.25, -0.2) is 0 Å². The van der Waals surface area contributed by atoms with Crippen LogP contribution >= 0.6 is 23.3 Å². The second-order valence-corrected chi connectivity index (χ2v) is 5.17. The molecule has 6 nitrogen and oxygen atoms in total. The van der Waals surface area contributed by atoms with Crippen LogP contribution in [0, 0.1) is 0 Å². The van der Waals surface area contributed by atoms with Gasteiger partial charge in [0.2, 0.25) is 0 Å². The molecule has 0 fully saturated rings. The first-order valence-electron chi connectivity index (χ1n) is 4.33. The topological polar surface area (TPSA) is 78.4 Å². The first kappa shape index (κ1) is 11.3. The van der Waals surface area contributed by atoms with E-state index in [2.05, 4.69) is 19.1 Å². The molecule has 0 bridgehead atoms. The Balaban J connectivity index is 2.34.